The first kappa shape index (κ1) is 5.18. The molecule has 0 radical (unpaired) electrons. The molecule has 1 aliphatic rings. The molecule has 1 saturated heterocycles. The summed E-state index contributed by atoms with van der Waals surface area (Å²) in [5, 5.41) is 3.23. The second kappa shape index (κ2) is 2.37. The molecule has 6 heavy (non-hydrogen) atoms. The Morgan fingerprint density at radius 2 is 2.67 bits per heavy atom. The van der Waals surface area contributed by atoms with E-state index in [9.17, 15) is 0 Å². The first-order chi connectivity index (χ1) is 2.89. The van der Waals surface area contributed by atoms with Crippen molar-refractivity contribution in [3.63, 3.8) is 0 Å². The smallest absolute Gasteiger partial charge is 0.0701 e. The Morgan fingerprint density at radius 3 is 2.83 bits per heavy atom. The molecular formula is C3H6INS. The standard InChI is InChI=1S/C3H6INS/c4-3-1-5-2-6-3/h3,5H,1-2H2. The van der Waals surface area contributed by atoms with E-state index in [1.54, 1.807) is 0 Å². The summed E-state index contributed by atoms with van der Waals surface area (Å²) in [4.78, 5) is 0. The van der Waals surface area contributed by atoms with Crippen molar-refractivity contribution in [2.24, 2.45) is 0 Å². The average Bonchev–Trinajstić information content (AvgIpc) is 1.86. The molecule has 1 heterocycles. The quantitative estimate of drug-likeness (QED) is 0.478. The lowest BCUT2D eigenvalue weighted by Crippen LogP contribution is -2.07. The van der Waals surface area contributed by atoms with Crippen molar-refractivity contribution in [3.8, 4) is 0 Å². The zero-order valence-corrected chi connectivity index (χ0v) is 6.25. The lowest BCUT2D eigenvalue weighted by molar-refractivity contribution is 0.877. The van der Waals surface area contributed by atoms with Crippen molar-refractivity contribution in [2.45, 2.75) is 3.26 Å². The van der Waals surface area contributed by atoms with Gasteiger partial charge in [-0.15, -0.1) is 11.8 Å². The van der Waals surface area contributed by atoms with Crippen LogP contribution in [0, 0.1) is 0 Å². The molecule has 0 saturated carbocycles. The van der Waals surface area contributed by atoms with Crippen LogP contribution in [0.25, 0.3) is 0 Å². The molecule has 0 bridgehead atoms. The van der Waals surface area contributed by atoms with Gasteiger partial charge < -0.3 is 5.32 Å². The van der Waals surface area contributed by atoms with Gasteiger partial charge in [-0.3, -0.25) is 0 Å². The first-order valence-electron chi connectivity index (χ1n) is 1.86. The largest absolute Gasteiger partial charge is 0.306 e. The van der Waals surface area contributed by atoms with E-state index in [0.717, 1.165) is 9.13 Å². The molecule has 1 atom stereocenters. The molecule has 1 aliphatic heterocycles. The molecule has 1 fully saturated rings. The molecule has 36 valence electrons. The fourth-order valence-electron chi connectivity index (χ4n) is 0.381. The Kier molecular flexibility index (Phi) is 2.05. The van der Waals surface area contributed by atoms with E-state index in [1.165, 1.54) is 6.54 Å². The van der Waals surface area contributed by atoms with Gasteiger partial charge in [-0.25, -0.2) is 0 Å². The van der Waals surface area contributed by atoms with Gasteiger partial charge in [-0.2, -0.15) is 0 Å². The van der Waals surface area contributed by atoms with Crippen LogP contribution < -0.4 is 5.32 Å². The molecule has 1 unspecified atom stereocenters. The summed E-state index contributed by atoms with van der Waals surface area (Å²) in [6, 6.07) is 0. The van der Waals surface area contributed by atoms with E-state index >= 15 is 0 Å². The van der Waals surface area contributed by atoms with Gasteiger partial charge >= 0.3 is 0 Å². The molecule has 1 nitrogen and oxygen atoms in total. The number of nitrogens with one attached hydrogen (secondary N) is 1. The second-order valence-electron chi connectivity index (χ2n) is 1.18. The van der Waals surface area contributed by atoms with Crippen LogP contribution in [0.2, 0.25) is 0 Å². The van der Waals surface area contributed by atoms with E-state index < -0.39 is 0 Å². The summed E-state index contributed by atoms with van der Waals surface area (Å²) < 4.78 is 0.822. The van der Waals surface area contributed by atoms with Crippen LogP contribution in [0.1, 0.15) is 0 Å². The molecule has 0 aromatic carbocycles. The van der Waals surface area contributed by atoms with Crippen molar-refractivity contribution in [1.82, 2.24) is 5.32 Å². The Labute approximate surface area is 55.4 Å². The Bertz CT molecular complexity index is 44.1. The highest BCUT2D eigenvalue weighted by atomic mass is 127. The van der Waals surface area contributed by atoms with Crippen LogP contribution in [0.3, 0.4) is 0 Å². The third kappa shape index (κ3) is 1.27. The minimum atomic E-state index is 0.822. The van der Waals surface area contributed by atoms with Gasteiger partial charge in [0.2, 0.25) is 0 Å². The highest BCUT2D eigenvalue weighted by Crippen LogP contribution is 2.19. The Hall–Kier alpha value is 1.04. The number of hydrogen-bond acceptors (Lipinski definition) is 2. The number of hydrogen-bond donors (Lipinski definition) is 1. The maximum atomic E-state index is 3.23. The van der Waals surface area contributed by atoms with Crippen LogP contribution in [-0.4, -0.2) is 15.7 Å². The van der Waals surface area contributed by atoms with Crippen LogP contribution in [0.5, 0.6) is 0 Å². The second-order valence-corrected chi connectivity index (χ2v) is 4.72. The number of alkyl halides is 1. The summed E-state index contributed by atoms with van der Waals surface area (Å²) in [5.41, 5.74) is 0. The third-order valence-electron chi connectivity index (χ3n) is 0.671. The highest BCUT2D eigenvalue weighted by Gasteiger charge is 2.08. The van der Waals surface area contributed by atoms with E-state index in [1.807, 2.05) is 11.8 Å². The summed E-state index contributed by atoms with van der Waals surface area (Å²) in [7, 11) is 0. The lowest BCUT2D eigenvalue weighted by Gasteiger charge is -1.87. The molecule has 1 N–H and O–H groups in total. The fourth-order valence-corrected chi connectivity index (χ4v) is 1.88. The monoisotopic (exact) mass is 215 g/mol. The molecular weight excluding hydrogens is 209 g/mol. The number of rotatable bonds is 0. The Balaban J connectivity index is 2.18. The van der Waals surface area contributed by atoms with Gasteiger partial charge in [0.25, 0.3) is 0 Å². The zero-order valence-electron chi connectivity index (χ0n) is 3.28. The first-order valence-corrected chi connectivity index (χ1v) is 4.15. The number of halogens is 1. The van der Waals surface area contributed by atoms with Crippen molar-refractivity contribution >= 4 is 34.4 Å². The van der Waals surface area contributed by atoms with E-state index in [4.69, 9.17) is 0 Å². The van der Waals surface area contributed by atoms with Crippen molar-refractivity contribution in [1.29, 1.82) is 0 Å². The van der Waals surface area contributed by atoms with Gasteiger partial charge in [0.15, 0.2) is 0 Å². The van der Waals surface area contributed by atoms with Gasteiger partial charge in [-0.1, -0.05) is 22.6 Å². The molecule has 0 spiro atoms. The topological polar surface area (TPSA) is 12.0 Å². The molecule has 0 amide bonds. The normalized spacial score (nSPS) is 34.5. The number of thioether (sulfide) groups is 1. The summed E-state index contributed by atoms with van der Waals surface area (Å²) in [6.07, 6.45) is 0. The predicted octanol–water partition coefficient (Wildman–Crippen LogP) is 1.04. The van der Waals surface area contributed by atoms with Gasteiger partial charge in [0, 0.05) is 12.4 Å². The van der Waals surface area contributed by atoms with E-state index in [-0.39, 0.29) is 0 Å². The maximum absolute atomic E-state index is 3.23. The molecule has 3 heteroatoms. The summed E-state index contributed by atoms with van der Waals surface area (Å²) in [5.74, 6) is 1.15. The van der Waals surface area contributed by atoms with Gasteiger partial charge in [-0.05, 0) is 0 Å². The van der Waals surface area contributed by atoms with Crippen molar-refractivity contribution in [2.75, 3.05) is 12.4 Å². The van der Waals surface area contributed by atoms with Crippen molar-refractivity contribution in [3.05, 3.63) is 0 Å². The van der Waals surface area contributed by atoms with Gasteiger partial charge in [0.1, 0.15) is 0 Å². The molecule has 0 aromatic rings. The Morgan fingerprint density at radius 1 is 1.83 bits per heavy atom. The molecule has 0 aliphatic carbocycles. The van der Waals surface area contributed by atoms with Crippen LogP contribution in [0.4, 0.5) is 0 Å². The maximum Gasteiger partial charge on any atom is 0.0701 e. The summed E-state index contributed by atoms with van der Waals surface area (Å²) >= 11 is 4.41. The summed E-state index contributed by atoms with van der Waals surface area (Å²) in [6.45, 7) is 1.19. The average molecular weight is 215 g/mol. The minimum absolute atomic E-state index is 0.822. The minimum Gasteiger partial charge on any atom is -0.306 e. The molecule has 1 rings (SSSR count). The zero-order chi connectivity index (χ0) is 4.41. The third-order valence-corrected chi connectivity index (χ3v) is 3.09. The molecule has 0 aromatic heterocycles. The van der Waals surface area contributed by atoms with E-state index in [2.05, 4.69) is 27.9 Å². The highest BCUT2D eigenvalue weighted by molar-refractivity contribution is 14.1. The van der Waals surface area contributed by atoms with E-state index in [0.29, 0.717) is 0 Å². The van der Waals surface area contributed by atoms with Crippen LogP contribution >= 0.6 is 34.4 Å². The predicted molar refractivity (Wildman–Crippen MR) is 38.3 cm³/mol. The van der Waals surface area contributed by atoms with Gasteiger partial charge in [0.05, 0.1) is 3.26 Å². The lowest BCUT2D eigenvalue weighted by atomic mass is 10.8. The fraction of sp³-hybridized carbons (Fsp3) is 1.00. The SMILES string of the molecule is IC1CNCS1. The van der Waals surface area contributed by atoms with Crippen LogP contribution in [-0.2, 0) is 0 Å². The van der Waals surface area contributed by atoms with Crippen LogP contribution in [0.15, 0.2) is 0 Å². The van der Waals surface area contributed by atoms with Crippen molar-refractivity contribution < 1.29 is 0 Å².